The SMILES string of the molecule is CCCCCCCCOc1ccc([C@@H]2Oc3ccccc3[C@H]3CC(c4ccc(OC)cc4)=NN32)cc1. The maximum atomic E-state index is 6.50. The summed E-state index contributed by atoms with van der Waals surface area (Å²) in [6, 6.07) is 24.9. The molecule has 0 bridgehead atoms. The average Bonchev–Trinajstić information content (AvgIpc) is 3.38. The summed E-state index contributed by atoms with van der Waals surface area (Å²) < 4.78 is 17.8. The van der Waals surface area contributed by atoms with E-state index in [1.165, 1.54) is 37.7 Å². The Morgan fingerprint density at radius 3 is 2.36 bits per heavy atom. The molecule has 5 heteroatoms. The van der Waals surface area contributed by atoms with Crippen LogP contribution in [0.25, 0.3) is 0 Å². The third-order valence-electron chi connectivity index (χ3n) is 7.05. The number of unbranched alkanes of at least 4 members (excludes halogenated alkanes) is 5. The Labute approximate surface area is 214 Å². The molecule has 2 atom stereocenters. The molecule has 5 nitrogen and oxygen atoms in total. The monoisotopic (exact) mass is 484 g/mol. The van der Waals surface area contributed by atoms with Gasteiger partial charge in [-0.1, -0.05) is 57.2 Å². The molecule has 0 saturated carbocycles. The Hall–Kier alpha value is -3.47. The normalized spacial score (nSPS) is 18.2. The zero-order valence-electron chi connectivity index (χ0n) is 21.4. The molecule has 0 unspecified atom stereocenters. The lowest BCUT2D eigenvalue weighted by atomic mass is 9.96. The van der Waals surface area contributed by atoms with E-state index >= 15 is 0 Å². The van der Waals surface area contributed by atoms with Crippen LogP contribution in [-0.4, -0.2) is 24.4 Å². The quantitative estimate of drug-likeness (QED) is 0.262. The van der Waals surface area contributed by atoms with Gasteiger partial charge in [-0.2, -0.15) is 5.10 Å². The number of methoxy groups -OCH3 is 1. The van der Waals surface area contributed by atoms with Gasteiger partial charge in [0.15, 0.2) is 0 Å². The number of rotatable bonds is 11. The van der Waals surface area contributed by atoms with Gasteiger partial charge in [0.25, 0.3) is 0 Å². The molecule has 2 heterocycles. The molecular formula is C31H36N2O3. The minimum atomic E-state index is -0.284. The van der Waals surface area contributed by atoms with Crippen molar-refractivity contribution in [1.82, 2.24) is 5.01 Å². The first kappa shape index (κ1) is 24.2. The van der Waals surface area contributed by atoms with Crippen LogP contribution in [0, 0.1) is 0 Å². The molecule has 2 aliphatic rings. The standard InChI is InChI=1S/C31H36N2O3/c1-3-4-5-6-7-10-21-35-26-19-15-24(16-20-26)31-33-29(27-11-8-9-12-30(27)36-31)22-28(32-33)23-13-17-25(34-2)18-14-23/h8-9,11-20,29,31H,3-7,10,21-22H2,1-2H3/t29-,31+/m1/s1. The molecule has 0 radical (unpaired) electrons. The number of hydrogen-bond donors (Lipinski definition) is 0. The molecule has 0 aliphatic carbocycles. The summed E-state index contributed by atoms with van der Waals surface area (Å²) in [5.41, 5.74) is 4.42. The Balaban J connectivity index is 1.30. The molecule has 0 aromatic heterocycles. The highest BCUT2D eigenvalue weighted by molar-refractivity contribution is 6.02. The number of ether oxygens (including phenoxy) is 3. The molecule has 3 aromatic carbocycles. The molecule has 2 aliphatic heterocycles. The molecule has 0 amide bonds. The first-order valence-corrected chi connectivity index (χ1v) is 13.3. The fraction of sp³-hybridized carbons (Fsp3) is 0.387. The highest BCUT2D eigenvalue weighted by atomic mass is 16.5. The van der Waals surface area contributed by atoms with Gasteiger partial charge in [0, 0.05) is 17.5 Å². The predicted molar refractivity (Wildman–Crippen MR) is 144 cm³/mol. The van der Waals surface area contributed by atoms with Gasteiger partial charge in [0.1, 0.15) is 17.2 Å². The van der Waals surface area contributed by atoms with Gasteiger partial charge in [0.2, 0.25) is 6.23 Å². The van der Waals surface area contributed by atoms with Gasteiger partial charge in [-0.05, 0) is 66.6 Å². The van der Waals surface area contributed by atoms with Gasteiger partial charge in [-0.25, -0.2) is 5.01 Å². The van der Waals surface area contributed by atoms with Crippen molar-refractivity contribution in [3.8, 4) is 17.2 Å². The summed E-state index contributed by atoms with van der Waals surface area (Å²) in [6.07, 6.45) is 8.13. The summed E-state index contributed by atoms with van der Waals surface area (Å²) in [4.78, 5) is 0. The maximum Gasteiger partial charge on any atom is 0.213 e. The minimum Gasteiger partial charge on any atom is -0.497 e. The van der Waals surface area contributed by atoms with Crippen molar-refractivity contribution in [2.45, 2.75) is 64.1 Å². The first-order valence-electron chi connectivity index (χ1n) is 13.3. The number of para-hydroxylation sites is 1. The zero-order valence-corrected chi connectivity index (χ0v) is 21.4. The van der Waals surface area contributed by atoms with E-state index in [1.54, 1.807) is 7.11 Å². The van der Waals surface area contributed by atoms with Crippen LogP contribution in [-0.2, 0) is 0 Å². The maximum absolute atomic E-state index is 6.50. The van der Waals surface area contributed by atoms with E-state index in [-0.39, 0.29) is 12.3 Å². The average molecular weight is 485 g/mol. The summed E-state index contributed by atoms with van der Waals surface area (Å²) in [6.45, 7) is 3.02. The molecule has 188 valence electrons. The van der Waals surface area contributed by atoms with Crippen molar-refractivity contribution in [3.63, 3.8) is 0 Å². The van der Waals surface area contributed by atoms with E-state index in [9.17, 15) is 0 Å². The third-order valence-corrected chi connectivity index (χ3v) is 7.05. The van der Waals surface area contributed by atoms with Crippen LogP contribution >= 0.6 is 0 Å². The Morgan fingerprint density at radius 1 is 0.861 bits per heavy atom. The van der Waals surface area contributed by atoms with Crippen LogP contribution in [0.2, 0.25) is 0 Å². The van der Waals surface area contributed by atoms with Crippen LogP contribution in [0.1, 0.15) is 80.8 Å². The van der Waals surface area contributed by atoms with Crippen LogP contribution in [0.15, 0.2) is 77.9 Å². The van der Waals surface area contributed by atoms with Crippen molar-refractivity contribution >= 4 is 5.71 Å². The van der Waals surface area contributed by atoms with Gasteiger partial charge in [0.05, 0.1) is 25.5 Å². The smallest absolute Gasteiger partial charge is 0.213 e. The zero-order chi connectivity index (χ0) is 24.7. The van der Waals surface area contributed by atoms with Crippen LogP contribution in [0.4, 0.5) is 0 Å². The fourth-order valence-electron chi connectivity index (χ4n) is 5.01. The Kier molecular flexibility index (Phi) is 7.75. The summed E-state index contributed by atoms with van der Waals surface area (Å²) in [5, 5.41) is 7.18. The van der Waals surface area contributed by atoms with Crippen LogP contribution < -0.4 is 14.2 Å². The van der Waals surface area contributed by atoms with Crippen LogP contribution in [0.5, 0.6) is 17.2 Å². The molecule has 0 saturated heterocycles. The Bertz CT molecular complexity index is 1160. The molecule has 3 aromatic rings. The summed E-state index contributed by atoms with van der Waals surface area (Å²) in [7, 11) is 1.69. The van der Waals surface area contributed by atoms with E-state index in [4.69, 9.17) is 19.3 Å². The molecular weight excluding hydrogens is 448 g/mol. The lowest BCUT2D eigenvalue weighted by Gasteiger charge is -2.38. The first-order chi connectivity index (χ1) is 17.8. The highest BCUT2D eigenvalue weighted by Crippen LogP contribution is 2.47. The summed E-state index contributed by atoms with van der Waals surface area (Å²) >= 11 is 0. The molecule has 0 N–H and O–H groups in total. The lowest BCUT2D eigenvalue weighted by Crippen LogP contribution is -2.33. The fourth-order valence-corrected chi connectivity index (χ4v) is 5.01. The van der Waals surface area contributed by atoms with Crippen molar-refractivity contribution in [3.05, 3.63) is 89.5 Å². The van der Waals surface area contributed by atoms with Crippen molar-refractivity contribution in [2.24, 2.45) is 5.10 Å². The van der Waals surface area contributed by atoms with Gasteiger partial charge < -0.3 is 14.2 Å². The second kappa shape index (κ2) is 11.5. The molecule has 0 fully saturated rings. The van der Waals surface area contributed by atoms with E-state index in [0.717, 1.165) is 53.5 Å². The number of fused-ring (bicyclic) bond motifs is 3. The number of hydrogen-bond acceptors (Lipinski definition) is 5. The number of benzene rings is 3. The molecule has 5 rings (SSSR count). The van der Waals surface area contributed by atoms with Crippen LogP contribution in [0.3, 0.4) is 0 Å². The minimum absolute atomic E-state index is 0.140. The van der Waals surface area contributed by atoms with Crippen molar-refractivity contribution in [1.29, 1.82) is 0 Å². The highest BCUT2D eigenvalue weighted by Gasteiger charge is 2.40. The number of hydrazone groups is 1. The molecule has 0 spiro atoms. The second-order valence-electron chi connectivity index (χ2n) is 9.57. The van der Waals surface area contributed by atoms with E-state index < -0.39 is 0 Å². The van der Waals surface area contributed by atoms with Crippen molar-refractivity contribution in [2.75, 3.05) is 13.7 Å². The lowest BCUT2D eigenvalue weighted by molar-refractivity contribution is -0.0190. The Morgan fingerprint density at radius 2 is 1.58 bits per heavy atom. The second-order valence-corrected chi connectivity index (χ2v) is 9.57. The largest absolute Gasteiger partial charge is 0.497 e. The van der Waals surface area contributed by atoms with Gasteiger partial charge in [-0.15, -0.1) is 0 Å². The van der Waals surface area contributed by atoms with Gasteiger partial charge in [-0.3, -0.25) is 0 Å². The van der Waals surface area contributed by atoms with E-state index in [1.807, 2.05) is 18.2 Å². The van der Waals surface area contributed by atoms with E-state index in [0.29, 0.717) is 0 Å². The summed E-state index contributed by atoms with van der Waals surface area (Å²) in [5.74, 6) is 2.68. The topological polar surface area (TPSA) is 43.3 Å². The predicted octanol–water partition coefficient (Wildman–Crippen LogP) is 7.68. The van der Waals surface area contributed by atoms with Gasteiger partial charge >= 0.3 is 0 Å². The third kappa shape index (κ3) is 5.35. The number of nitrogens with zero attached hydrogens (tertiary/aromatic N) is 2. The molecule has 36 heavy (non-hydrogen) atoms. The van der Waals surface area contributed by atoms with E-state index in [2.05, 4.69) is 66.5 Å². The van der Waals surface area contributed by atoms with Crippen molar-refractivity contribution < 1.29 is 14.2 Å².